The molecule has 1 amide bonds. The second-order valence-electron chi connectivity index (χ2n) is 7.67. The summed E-state index contributed by atoms with van der Waals surface area (Å²) in [6.07, 6.45) is 3.40. The zero-order valence-corrected chi connectivity index (χ0v) is 18.5. The number of carbonyl (C=O) groups excluding carboxylic acids is 1. The van der Waals surface area contributed by atoms with Crippen LogP contribution in [0, 0.1) is 13.8 Å². The fourth-order valence-corrected chi connectivity index (χ4v) is 4.40. The summed E-state index contributed by atoms with van der Waals surface area (Å²) < 4.78 is 11.9. The van der Waals surface area contributed by atoms with Gasteiger partial charge < -0.3 is 14.4 Å². The summed E-state index contributed by atoms with van der Waals surface area (Å²) in [7, 11) is 3.99. The number of rotatable bonds is 6. The predicted molar refractivity (Wildman–Crippen MR) is 122 cm³/mol. The van der Waals surface area contributed by atoms with Crippen molar-refractivity contribution in [1.82, 2.24) is 9.88 Å². The van der Waals surface area contributed by atoms with Gasteiger partial charge >= 0.3 is 0 Å². The van der Waals surface area contributed by atoms with Gasteiger partial charge in [0.1, 0.15) is 0 Å². The monoisotopic (exact) mass is 423 g/mol. The number of hydrogen-bond donors (Lipinski definition) is 0. The molecule has 3 aromatic rings. The molecule has 1 aliphatic heterocycles. The minimum Gasteiger partial charge on any atom is -0.454 e. The quantitative estimate of drug-likeness (QED) is 0.555. The van der Waals surface area contributed by atoms with Crippen LogP contribution in [0.1, 0.15) is 16.7 Å². The Morgan fingerprint density at radius 3 is 2.73 bits per heavy atom. The number of amides is 1. The number of aromatic nitrogens is 1. The van der Waals surface area contributed by atoms with E-state index in [4.69, 9.17) is 14.5 Å². The lowest BCUT2D eigenvalue weighted by Gasteiger charge is -2.20. The molecule has 2 heterocycles. The highest BCUT2D eigenvalue weighted by Crippen LogP contribution is 2.34. The zero-order valence-electron chi connectivity index (χ0n) is 17.6. The lowest BCUT2D eigenvalue weighted by atomic mass is 10.1. The first-order chi connectivity index (χ1) is 14.4. The van der Waals surface area contributed by atoms with Crippen LogP contribution in [0.15, 0.2) is 36.4 Å². The van der Waals surface area contributed by atoms with Crippen LogP contribution in [-0.2, 0) is 4.79 Å². The van der Waals surface area contributed by atoms with Gasteiger partial charge in [0.2, 0.25) is 6.79 Å². The molecule has 0 radical (unpaired) electrons. The molecule has 1 aromatic heterocycles. The summed E-state index contributed by atoms with van der Waals surface area (Å²) >= 11 is 1.56. The first kappa shape index (κ1) is 20.4. The highest BCUT2D eigenvalue weighted by atomic mass is 32.1. The molecule has 0 aliphatic carbocycles. The number of hydrogen-bond acceptors (Lipinski definition) is 6. The first-order valence-corrected chi connectivity index (χ1v) is 10.6. The second kappa shape index (κ2) is 8.45. The fraction of sp³-hybridized carbons (Fsp3) is 0.304. The van der Waals surface area contributed by atoms with Crippen molar-refractivity contribution in [3.63, 3.8) is 0 Å². The van der Waals surface area contributed by atoms with Crippen LogP contribution in [0.3, 0.4) is 0 Å². The molecule has 0 fully saturated rings. The van der Waals surface area contributed by atoms with E-state index in [0.29, 0.717) is 12.3 Å². The molecule has 1 aliphatic rings. The molecule has 7 heteroatoms. The van der Waals surface area contributed by atoms with Crippen molar-refractivity contribution in [2.75, 3.05) is 38.9 Å². The Morgan fingerprint density at radius 2 is 1.93 bits per heavy atom. The molecule has 30 heavy (non-hydrogen) atoms. The lowest BCUT2D eigenvalue weighted by Crippen LogP contribution is -2.35. The number of aryl methyl sites for hydroxylation is 2. The molecule has 4 rings (SSSR count). The lowest BCUT2D eigenvalue weighted by molar-refractivity contribution is -0.114. The molecule has 0 N–H and O–H groups in total. The molecule has 0 unspecified atom stereocenters. The fourth-order valence-electron chi connectivity index (χ4n) is 3.35. The Balaban J connectivity index is 1.61. The van der Waals surface area contributed by atoms with E-state index in [1.165, 1.54) is 11.1 Å². The number of likely N-dealkylation sites (N-methyl/N-ethyl adjacent to an activating group) is 1. The maximum absolute atomic E-state index is 13.1. The molecule has 0 saturated heterocycles. The second-order valence-corrected chi connectivity index (χ2v) is 8.64. The van der Waals surface area contributed by atoms with E-state index >= 15 is 0 Å². The molecular formula is C23H25N3O3S. The van der Waals surface area contributed by atoms with Gasteiger partial charge in [-0.1, -0.05) is 23.5 Å². The van der Waals surface area contributed by atoms with Gasteiger partial charge in [-0.25, -0.2) is 4.98 Å². The number of anilines is 1. The SMILES string of the molecule is Cc1cc(C)c2sc(N(CCN(C)C)C(=O)C=Cc3ccc4c(c3)OCO4)nc2c1. The van der Waals surface area contributed by atoms with E-state index in [-0.39, 0.29) is 12.7 Å². The van der Waals surface area contributed by atoms with Crippen LogP contribution in [0.25, 0.3) is 16.3 Å². The van der Waals surface area contributed by atoms with Gasteiger partial charge in [0.15, 0.2) is 16.6 Å². The summed E-state index contributed by atoms with van der Waals surface area (Å²) in [6.45, 7) is 5.69. The van der Waals surface area contributed by atoms with E-state index in [1.807, 2.05) is 32.3 Å². The van der Waals surface area contributed by atoms with E-state index in [1.54, 1.807) is 28.4 Å². The highest BCUT2D eigenvalue weighted by Gasteiger charge is 2.19. The zero-order chi connectivity index (χ0) is 21.3. The van der Waals surface area contributed by atoms with E-state index < -0.39 is 0 Å². The Labute approximate surface area is 180 Å². The summed E-state index contributed by atoms with van der Waals surface area (Å²) in [5, 5.41) is 0.723. The Bertz CT molecular complexity index is 1120. The summed E-state index contributed by atoms with van der Waals surface area (Å²) in [5.41, 5.74) is 4.18. The number of benzene rings is 2. The van der Waals surface area contributed by atoms with Crippen LogP contribution in [0.5, 0.6) is 11.5 Å². The van der Waals surface area contributed by atoms with Crippen molar-refractivity contribution in [1.29, 1.82) is 0 Å². The standard InChI is InChI=1S/C23H25N3O3S/c1-15-11-16(2)22-18(12-15)24-23(30-22)26(10-9-25(3)4)21(27)8-6-17-5-7-19-20(13-17)29-14-28-19/h5-8,11-13H,9-10,14H2,1-4H3. The van der Waals surface area contributed by atoms with Crippen molar-refractivity contribution in [2.24, 2.45) is 0 Å². The molecular weight excluding hydrogens is 398 g/mol. The number of fused-ring (bicyclic) bond motifs is 2. The van der Waals surface area contributed by atoms with Crippen LogP contribution in [0.4, 0.5) is 5.13 Å². The maximum Gasteiger partial charge on any atom is 0.252 e. The van der Waals surface area contributed by atoms with Crippen molar-refractivity contribution in [2.45, 2.75) is 13.8 Å². The minimum atomic E-state index is -0.0945. The van der Waals surface area contributed by atoms with Crippen molar-refractivity contribution >= 4 is 38.7 Å². The highest BCUT2D eigenvalue weighted by molar-refractivity contribution is 7.22. The normalized spacial score (nSPS) is 13.0. The third kappa shape index (κ3) is 4.32. The van der Waals surface area contributed by atoms with E-state index in [0.717, 1.165) is 33.2 Å². The Morgan fingerprint density at radius 1 is 1.13 bits per heavy atom. The number of thiazole rings is 1. The maximum atomic E-state index is 13.1. The van der Waals surface area contributed by atoms with Crippen LogP contribution in [-0.4, -0.2) is 49.8 Å². The summed E-state index contributed by atoms with van der Waals surface area (Å²) in [4.78, 5) is 21.7. The first-order valence-electron chi connectivity index (χ1n) is 9.82. The molecule has 156 valence electrons. The number of ether oxygens (including phenoxy) is 2. The van der Waals surface area contributed by atoms with Crippen molar-refractivity contribution in [3.05, 3.63) is 53.1 Å². The van der Waals surface area contributed by atoms with Gasteiger partial charge in [0.05, 0.1) is 10.2 Å². The Hall–Kier alpha value is -2.90. The van der Waals surface area contributed by atoms with Gasteiger partial charge in [-0.05, 0) is 68.9 Å². The van der Waals surface area contributed by atoms with Crippen molar-refractivity contribution < 1.29 is 14.3 Å². The third-order valence-electron chi connectivity index (χ3n) is 4.89. The molecule has 0 spiro atoms. The van der Waals surface area contributed by atoms with Gasteiger partial charge in [0, 0.05) is 19.2 Å². The smallest absolute Gasteiger partial charge is 0.252 e. The van der Waals surface area contributed by atoms with Crippen LogP contribution < -0.4 is 14.4 Å². The molecule has 6 nitrogen and oxygen atoms in total. The number of carbonyl (C=O) groups is 1. The molecule has 0 atom stereocenters. The van der Waals surface area contributed by atoms with Crippen LogP contribution >= 0.6 is 11.3 Å². The molecule has 0 bridgehead atoms. The van der Waals surface area contributed by atoms with Crippen molar-refractivity contribution in [3.8, 4) is 11.5 Å². The van der Waals surface area contributed by atoms with E-state index in [2.05, 4.69) is 30.9 Å². The predicted octanol–water partition coefficient (Wildman–Crippen LogP) is 4.25. The third-order valence-corrected chi connectivity index (χ3v) is 6.12. The number of nitrogens with zero attached hydrogens (tertiary/aromatic N) is 3. The van der Waals surface area contributed by atoms with Gasteiger partial charge in [-0.2, -0.15) is 0 Å². The van der Waals surface area contributed by atoms with Gasteiger partial charge in [-0.3, -0.25) is 9.69 Å². The summed E-state index contributed by atoms with van der Waals surface area (Å²) in [5.74, 6) is 1.33. The average molecular weight is 424 g/mol. The van der Waals surface area contributed by atoms with Gasteiger partial charge in [0.25, 0.3) is 5.91 Å². The molecule has 2 aromatic carbocycles. The van der Waals surface area contributed by atoms with Crippen LogP contribution in [0.2, 0.25) is 0 Å². The van der Waals surface area contributed by atoms with E-state index in [9.17, 15) is 4.79 Å². The topological polar surface area (TPSA) is 54.9 Å². The minimum absolute atomic E-state index is 0.0945. The Kier molecular flexibility index (Phi) is 5.74. The average Bonchev–Trinajstić information content (AvgIpc) is 3.32. The molecule has 0 saturated carbocycles. The largest absolute Gasteiger partial charge is 0.454 e. The summed E-state index contributed by atoms with van der Waals surface area (Å²) in [6, 6.07) is 9.86. The van der Waals surface area contributed by atoms with Gasteiger partial charge in [-0.15, -0.1) is 0 Å².